The van der Waals surface area contributed by atoms with Crippen LogP contribution >= 0.6 is 0 Å². The van der Waals surface area contributed by atoms with Crippen LogP contribution in [0.15, 0.2) is 24.3 Å². The lowest BCUT2D eigenvalue weighted by Crippen LogP contribution is -2.24. The molecule has 1 aromatic rings. The summed E-state index contributed by atoms with van der Waals surface area (Å²) in [6.07, 6.45) is -0.252. The van der Waals surface area contributed by atoms with E-state index in [1.54, 1.807) is 24.3 Å². The Hall–Kier alpha value is -1.63. The normalized spacial score (nSPS) is 22.9. The fourth-order valence-electron chi connectivity index (χ4n) is 2.33. The molecule has 2 rings (SSSR count). The molecule has 0 bridgehead atoms. The Morgan fingerprint density at radius 2 is 2.05 bits per heavy atom. The highest BCUT2D eigenvalue weighted by atomic mass is 16.3. The molecule has 0 saturated carbocycles. The predicted molar refractivity (Wildman–Crippen MR) is 77.2 cm³/mol. The summed E-state index contributed by atoms with van der Waals surface area (Å²) in [4.78, 5) is 13.7. The first-order chi connectivity index (χ1) is 9.54. The summed E-state index contributed by atoms with van der Waals surface area (Å²) in [6, 6.07) is 7.06. The number of nitrogens with zero attached hydrogens (tertiary/aromatic N) is 1. The van der Waals surface area contributed by atoms with Gasteiger partial charge in [0.05, 0.1) is 12.2 Å². The lowest BCUT2D eigenvalue weighted by molar-refractivity contribution is -0.116. The molecule has 0 aromatic heterocycles. The summed E-state index contributed by atoms with van der Waals surface area (Å²) in [5.74, 6) is -0.0594. The number of β-amino-alcohol motifs (C(OH)–C–C–N with tert-alkyl or cyclic N) is 2. The number of carbonyl (C=O) groups is 1. The highest BCUT2D eigenvalue weighted by molar-refractivity contribution is 5.91. The van der Waals surface area contributed by atoms with E-state index < -0.39 is 12.2 Å². The Morgan fingerprint density at radius 3 is 2.70 bits per heavy atom. The molecule has 110 valence electrons. The number of aliphatic hydroxyl groups excluding tert-OH is 2. The fraction of sp³-hybridized carbons (Fsp3) is 0.500. The van der Waals surface area contributed by atoms with E-state index in [0.717, 1.165) is 0 Å². The summed E-state index contributed by atoms with van der Waals surface area (Å²) >= 11 is 0. The quantitative estimate of drug-likeness (QED) is 0.570. The minimum atomic E-state index is -0.670. The van der Waals surface area contributed by atoms with Gasteiger partial charge in [-0.25, -0.2) is 0 Å². The maximum absolute atomic E-state index is 11.8. The molecule has 20 heavy (non-hydrogen) atoms. The second-order valence-electron chi connectivity index (χ2n) is 5.17. The third-order valence-corrected chi connectivity index (χ3v) is 3.38. The van der Waals surface area contributed by atoms with Gasteiger partial charge in [0.15, 0.2) is 0 Å². The number of anilines is 2. The zero-order valence-corrected chi connectivity index (χ0v) is 11.3. The van der Waals surface area contributed by atoms with Gasteiger partial charge in [-0.15, -0.1) is 0 Å². The van der Waals surface area contributed by atoms with E-state index in [4.69, 9.17) is 5.73 Å². The van der Waals surface area contributed by atoms with E-state index >= 15 is 0 Å². The molecule has 1 aromatic carbocycles. The van der Waals surface area contributed by atoms with Gasteiger partial charge in [0.2, 0.25) is 5.91 Å². The molecule has 6 nitrogen and oxygen atoms in total. The second kappa shape index (κ2) is 6.69. The van der Waals surface area contributed by atoms with Crippen molar-refractivity contribution in [3.63, 3.8) is 0 Å². The van der Waals surface area contributed by atoms with Crippen molar-refractivity contribution in [3.8, 4) is 0 Å². The first-order valence-corrected chi connectivity index (χ1v) is 6.78. The van der Waals surface area contributed by atoms with Crippen LogP contribution in [0, 0.1) is 0 Å². The largest absolute Gasteiger partial charge is 0.399 e. The van der Waals surface area contributed by atoms with E-state index in [-0.39, 0.29) is 5.91 Å². The molecule has 1 aliphatic rings. The third kappa shape index (κ3) is 4.19. The monoisotopic (exact) mass is 279 g/mol. The van der Waals surface area contributed by atoms with E-state index in [1.165, 1.54) is 0 Å². The van der Waals surface area contributed by atoms with Crippen LogP contribution in [0.3, 0.4) is 0 Å². The van der Waals surface area contributed by atoms with Crippen molar-refractivity contribution in [3.05, 3.63) is 24.3 Å². The van der Waals surface area contributed by atoms with Gasteiger partial charge < -0.3 is 21.3 Å². The maximum Gasteiger partial charge on any atom is 0.224 e. The smallest absolute Gasteiger partial charge is 0.224 e. The van der Waals surface area contributed by atoms with Crippen LogP contribution in [0.4, 0.5) is 11.4 Å². The Balaban J connectivity index is 1.68. The fourth-order valence-corrected chi connectivity index (χ4v) is 2.33. The van der Waals surface area contributed by atoms with Crippen molar-refractivity contribution in [2.45, 2.75) is 25.0 Å². The van der Waals surface area contributed by atoms with E-state index in [0.29, 0.717) is 43.9 Å². The molecule has 1 amide bonds. The van der Waals surface area contributed by atoms with Crippen molar-refractivity contribution in [2.24, 2.45) is 0 Å². The average molecular weight is 279 g/mol. The number of rotatable bonds is 5. The molecule has 6 heteroatoms. The number of aliphatic hydroxyl groups is 2. The number of carbonyl (C=O) groups excluding carboxylic acids is 1. The van der Waals surface area contributed by atoms with Gasteiger partial charge >= 0.3 is 0 Å². The zero-order valence-electron chi connectivity index (χ0n) is 11.3. The van der Waals surface area contributed by atoms with E-state index in [1.807, 2.05) is 4.90 Å². The summed E-state index contributed by atoms with van der Waals surface area (Å²) in [6.45, 7) is 1.63. The van der Waals surface area contributed by atoms with Gasteiger partial charge in [-0.1, -0.05) is 6.07 Å². The number of nitrogens with one attached hydrogen (secondary N) is 1. The number of hydrogen-bond acceptors (Lipinski definition) is 5. The highest BCUT2D eigenvalue weighted by Gasteiger charge is 2.28. The van der Waals surface area contributed by atoms with Crippen molar-refractivity contribution in [1.82, 2.24) is 4.90 Å². The Kier molecular flexibility index (Phi) is 4.94. The predicted octanol–water partition coefficient (Wildman–Crippen LogP) is 0.0249. The number of amides is 1. The molecule has 0 spiro atoms. The minimum absolute atomic E-state index is 0.0594. The first-order valence-electron chi connectivity index (χ1n) is 6.78. The van der Waals surface area contributed by atoms with Crippen LogP contribution in [-0.4, -0.2) is 52.9 Å². The number of hydrogen-bond donors (Lipinski definition) is 4. The average Bonchev–Trinajstić information content (AvgIpc) is 2.68. The Morgan fingerprint density at radius 1 is 1.35 bits per heavy atom. The van der Waals surface area contributed by atoms with Crippen LogP contribution in [0.2, 0.25) is 0 Å². The van der Waals surface area contributed by atoms with Crippen molar-refractivity contribution in [2.75, 3.05) is 30.7 Å². The summed E-state index contributed by atoms with van der Waals surface area (Å²) < 4.78 is 0. The van der Waals surface area contributed by atoms with Crippen LogP contribution in [-0.2, 0) is 4.79 Å². The lowest BCUT2D eigenvalue weighted by Gasteiger charge is -2.14. The number of benzene rings is 1. The molecule has 1 fully saturated rings. The minimum Gasteiger partial charge on any atom is -0.399 e. The molecule has 0 radical (unpaired) electrons. The molecular weight excluding hydrogens is 258 g/mol. The number of nitrogen functional groups attached to an aromatic ring is 1. The zero-order chi connectivity index (χ0) is 14.5. The molecule has 1 aliphatic heterocycles. The van der Waals surface area contributed by atoms with Crippen LogP contribution in [0.1, 0.15) is 12.8 Å². The lowest BCUT2D eigenvalue weighted by atomic mass is 10.2. The van der Waals surface area contributed by atoms with Gasteiger partial charge in [0, 0.05) is 30.9 Å². The molecule has 5 N–H and O–H groups in total. The SMILES string of the molecule is Nc1cccc(NC(=O)CCCN2CC(O)C(O)C2)c1. The van der Waals surface area contributed by atoms with Crippen molar-refractivity contribution < 1.29 is 15.0 Å². The standard InChI is InChI=1S/C14H21N3O3/c15-10-3-1-4-11(7-10)16-14(20)5-2-6-17-8-12(18)13(19)9-17/h1,3-4,7,12-13,18-19H,2,5-6,8-9,15H2,(H,16,20). The number of likely N-dealkylation sites (tertiary alicyclic amines) is 1. The first kappa shape index (κ1) is 14.8. The molecular formula is C14H21N3O3. The van der Waals surface area contributed by atoms with E-state index in [2.05, 4.69) is 5.32 Å². The van der Waals surface area contributed by atoms with Crippen LogP contribution < -0.4 is 11.1 Å². The van der Waals surface area contributed by atoms with E-state index in [9.17, 15) is 15.0 Å². The number of nitrogens with two attached hydrogens (primary N) is 1. The Bertz CT molecular complexity index is 457. The topological polar surface area (TPSA) is 98.8 Å². The van der Waals surface area contributed by atoms with Crippen molar-refractivity contribution in [1.29, 1.82) is 0 Å². The van der Waals surface area contributed by atoms with Crippen LogP contribution in [0.5, 0.6) is 0 Å². The van der Waals surface area contributed by atoms with Gasteiger partial charge in [0.25, 0.3) is 0 Å². The van der Waals surface area contributed by atoms with Gasteiger partial charge in [-0.05, 0) is 31.2 Å². The van der Waals surface area contributed by atoms with Gasteiger partial charge in [-0.3, -0.25) is 9.69 Å². The third-order valence-electron chi connectivity index (χ3n) is 3.38. The van der Waals surface area contributed by atoms with Crippen LogP contribution in [0.25, 0.3) is 0 Å². The summed E-state index contributed by atoms with van der Waals surface area (Å²) in [5.41, 5.74) is 6.95. The second-order valence-corrected chi connectivity index (χ2v) is 5.17. The summed E-state index contributed by atoms with van der Waals surface area (Å²) in [5, 5.41) is 21.6. The molecule has 1 heterocycles. The Labute approximate surface area is 118 Å². The molecule has 0 aliphatic carbocycles. The van der Waals surface area contributed by atoms with Gasteiger partial charge in [0.1, 0.15) is 0 Å². The highest BCUT2D eigenvalue weighted by Crippen LogP contribution is 2.13. The molecule has 1 saturated heterocycles. The molecule has 2 atom stereocenters. The van der Waals surface area contributed by atoms with Crippen molar-refractivity contribution >= 4 is 17.3 Å². The van der Waals surface area contributed by atoms with Gasteiger partial charge in [-0.2, -0.15) is 0 Å². The molecule has 2 unspecified atom stereocenters. The summed E-state index contributed by atoms with van der Waals surface area (Å²) in [7, 11) is 0. The maximum atomic E-state index is 11.8.